The summed E-state index contributed by atoms with van der Waals surface area (Å²) >= 11 is 0. The normalized spacial score (nSPS) is 12.0. The van der Waals surface area contributed by atoms with Crippen LogP contribution in [0.4, 0.5) is 5.82 Å². The first kappa shape index (κ1) is 17.4. The van der Waals surface area contributed by atoms with Crippen LogP contribution in [0.3, 0.4) is 0 Å². The summed E-state index contributed by atoms with van der Waals surface area (Å²) in [5, 5.41) is 21.6. The van der Waals surface area contributed by atoms with Crippen molar-refractivity contribution in [2.24, 2.45) is 0 Å². The van der Waals surface area contributed by atoms with Crippen molar-refractivity contribution in [1.29, 1.82) is 5.26 Å². The molecule has 0 aliphatic rings. The van der Waals surface area contributed by atoms with Gasteiger partial charge in [0, 0.05) is 6.04 Å². The highest BCUT2D eigenvalue weighted by molar-refractivity contribution is 5.56. The van der Waals surface area contributed by atoms with Crippen LogP contribution in [-0.2, 0) is 12.8 Å². The fourth-order valence-electron chi connectivity index (χ4n) is 2.68. The van der Waals surface area contributed by atoms with Gasteiger partial charge in [0.2, 0.25) is 0 Å². The zero-order chi connectivity index (χ0) is 15.7. The number of aryl methyl sites for hydroxylation is 1. The van der Waals surface area contributed by atoms with Crippen molar-refractivity contribution in [3.8, 4) is 6.07 Å². The number of nitrogens with zero attached hydrogens (tertiary/aromatic N) is 3. The predicted octanol–water partition coefficient (Wildman–Crippen LogP) is 4.24. The number of hydrogen-bond donors (Lipinski definition) is 1. The molecule has 1 atom stereocenters. The number of nitriles is 1. The Hall–Kier alpha value is -1.63. The molecule has 1 heterocycles. The van der Waals surface area contributed by atoms with Crippen LogP contribution in [0.2, 0.25) is 0 Å². The SMILES string of the molecule is CCCCC(CCC)Nc1nnc(CC)c(CC)c1C#N. The summed E-state index contributed by atoms with van der Waals surface area (Å²) in [6, 6.07) is 2.71. The molecular weight excluding hydrogens is 260 g/mol. The molecule has 0 saturated carbocycles. The molecule has 1 aromatic rings. The molecule has 0 spiro atoms. The molecule has 21 heavy (non-hydrogen) atoms. The van der Waals surface area contributed by atoms with Crippen LogP contribution in [0.15, 0.2) is 0 Å². The summed E-state index contributed by atoms with van der Waals surface area (Å²) in [5.41, 5.74) is 2.67. The second kappa shape index (κ2) is 9.33. The molecule has 1 aromatic heterocycles. The van der Waals surface area contributed by atoms with Gasteiger partial charge in [0.1, 0.15) is 11.6 Å². The van der Waals surface area contributed by atoms with Crippen LogP contribution in [-0.4, -0.2) is 16.2 Å². The van der Waals surface area contributed by atoms with Crippen molar-refractivity contribution >= 4 is 5.82 Å². The highest BCUT2D eigenvalue weighted by atomic mass is 15.2. The number of aromatic nitrogens is 2. The van der Waals surface area contributed by atoms with E-state index in [9.17, 15) is 5.26 Å². The predicted molar refractivity (Wildman–Crippen MR) is 87.3 cm³/mol. The molecule has 0 saturated heterocycles. The Labute approximate surface area is 129 Å². The third-order valence-electron chi connectivity index (χ3n) is 3.84. The summed E-state index contributed by atoms with van der Waals surface area (Å²) in [6.45, 7) is 8.52. The maximum absolute atomic E-state index is 9.51. The number of hydrogen-bond acceptors (Lipinski definition) is 4. The molecule has 0 aromatic carbocycles. The second-order valence-electron chi connectivity index (χ2n) is 5.44. The van der Waals surface area contributed by atoms with Gasteiger partial charge in [-0.3, -0.25) is 0 Å². The average Bonchev–Trinajstić information content (AvgIpc) is 2.51. The lowest BCUT2D eigenvalue weighted by Gasteiger charge is -2.20. The first-order chi connectivity index (χ1) is 10.2. The van der Waals surface area contributed by atoms with Crippen molar-refractivity contribution in [2.75, 3.05) is 5.32 Å². The van der Waals surface area contributed by atoms with E-state index in [4.69, 9.17) is 0 Å². The third kappa shape index (κ3) is 4.70. The van der Waals surface area contributed by atoms with E-state index in [-0.39, 0.29) is 0 Å². The summed E-state index contributed by atoms with van der Waals surface area (Å²) in [5.74, 6) is 0.668. The van der Waals surface area contributed by atoms with Gasteiger partial charge in [-0.05, 0) is 31.2 Å². The van der Waals surface area contributed by atoms with Crippen LogP contribution in [0.25, 0.3) is 0 Å². The van der Waals surface area contributed by atoms with Gasteiger partial charge in [-0.1, -0.05) is 47.0 Å². The van der Waals surface area contributed by atoms with Gasteiger partial charge >= 0.3 is 0 Å². The second-order valence-corrected chi connectivity index (χ2v) is 5.44. The topological polar surface area (TPSA) is 61.6 Å². The molecule has 0 bridgehead atoms. The highest BCUT2D eigenvalue weighted by Crippen LogP contribution is 2.22. The fourth-order valence-corrected chi connectivity index (χ4v) is 2.68. The summed E-state index contributed by atoms with van der Waals surface area (Å²) in [4.78, 5) is 0. The van der Waals surface area contributed by atoms with Gasteiger partial charge in [0.25, 0.3) is 0 Å². The first-order valence-corrected chi connectivity index (χ1v) is 8.26. The highest BCUT2D eigenvalue weighted by Gasteiger charge is 2.16. The molecule has 1 rings (SSSR count). The molecule has 1 N–H and O–H groups in total. The molecule has 4 heteroatoms. The van der Waals surface area contributed by atoms with Crippen molar-refractivity contribution in [3.05, 3.63) is 16.8 Å². The largest absolute Gasteiger partial charge is 0.365 e. The van der Waals surface area contributed by atoms with Gasteiger partial charge < -0.3 is 5.32 Å². The fraction of sp³-hybridized carbons (Fsp3) is 0.706. The van der Waals surface area contributed by atoms with E-state index in [0.717, 1.165) is 43.4 Å². The van der Waals surface area contributed by atoms with E-state index in [1.807, 2.05) is 0 Å². The zero-order valence-corrected chi connectivity index (χ0v) is 13.9. The molecule has 0 radical (unpaired) electrons. The monoisotopic (exact) mass is 288 g/mol. The minimum Gasteiger partial charge on any atom is -0.365 e. The Kier molecular flexibility index (Phi) is 7.74. The van der Waals surface area contributed by atoms with E-state index in [0.29, 0.717) is 17.4 Å². The number of unbranched alkanes of at least 4 members (excludes halogenated alkanes) is 1. The lowest BCUT2D eigenvalue weighted by molar-refractivity contribution is 0.561. The van der Waals surface area contributed by atoms with E-state index >= 15 is 0 Å². The molecule has 0 aliphatic heterocycles. The Morgan fingerprint density at radius 1 is 1.05 bits per heavy atom. The maximum atomic E-state index is 9.51. The van der Waals surface area contributed by atoms with Gasteiger partial charge in [0.05, 0.1) is 5.69 Å². The molecule has 1 unspecified atom stereocenters. The van der Waals surface area contributed by atoms with Crippen LogP contribution < -0.4 is 5.32 Å². The molecular formula is C17H28N4. The van der Waals surface area contributed by atoms with Crippen LogP contribution in [0.1, 0.15) is 76.6 Å². The summed E-state index contributed by atoms with van der Waals surface area (Å²) in [6.07, 6.45) is 7.37. The van der Waals surface area contributed by atoms with E-state index in [2.05, 4.69) is 49.3 Å². The van der Waals surface area contributed by atoms with Gasteiger partial charge in [0.15, 0.2) is 5.82 Å². The van der Waals surface area contributed by atoms with E-state index < -0.39 is 0 Å². The Bertz CT molecular complexity index is 476. The zero-order valence-electron chi connectivity index (χ0n) is 13.9. The molecule has 0 aliphatic carbocycles. The molecule has 0 amide bonds. The number of nitrogens with one attached hydrogen (secondary N) is 1. The quantitative estimate of drug-likeness (QED) is 0.738. The average molecular weight is 288 g/mol. The van der Waals surface area contributed by atoms with Gasteiger partial charge in [-0.15, -0.1) is 5.10 Å². The van der Waals surface area contributed by atoms with Crippen LogP contribution >= 0.6 is 0 Å². The molecule has 4 nitrogen and oxygen atoms in total. The lowest BCUT2D eigenvalue weighted by Crippen LogP contribution is -2.22. The third-order valence-corrected chi connectivity index (χ3v) is 3.84. The smallest absolute Gasteiger partial charge is 0.167 e. The van der Waals surface area contributed by atoms with Crippen LogP contribution in [0, 0.1) is 11.3 Å². The standard InChI is InChI=1S/C17H28N4/c1-5-9-11-13(10-6-2)19-17-15(12-18)14(7-3)16(8-4)20-21-17/h13H,5-11H2,1-4H3,(H,19,21). The Morgan fingerprint density at radius 3 is 2.33 bits per heavy atom. The van der Waals surface area contributed by atoms with Crippen molar-refractivity contribution in [1.82, 2.24) is 10.2 Å². The molecule has 0 fully saturated rings. The molecule has 116 valence electrons. The lowest BCUT2D eigenvalue weighted by atomic mass is 10.0. The van der Waals surface area contributed by atoms with E-state index in [1.54, 1.807) is 0 Å². The van der Waals surface area contributed by atoms with Gasteiger partial charge in [-0.2, -0.15) is 10.4 Å². The summed E-state index contributed by atoms with van der Waals surface area (Å²) < 4.78 is 0. The van der Waals surface area contributed by atoms with Gasteiger partial charge in [-0.25, -0.2) is 0 Å². The van der Waals surface area contributed by atoms with Crippen molar-refractivity contribution < 1.29 is 0 Å². The van der Waals surface area contributed by atoms with Crippen molar-refractivity contribution in [2.45, 2.75) is 78.7 Å². The van der Waals surface area contributed by atoms with Crippen LogP contribution in [0.5, 0.6) is 0 Å². The minimum atomic E-state index is 0.383. The number of anilines is 1. The Morgan fingerprint density at radius 2 is 1.81 bits per heavy atom. The minimum absolute atomic E-state index is 0.383. The van der Waals surface area contributed by atoms with E-state index in [1.165, 1.54) is 12.8 Å². The first-order valence-electron chi connectivity index (χ1n) is 8.26. The Balaban J connectivity index is 3.03. The number of rotatable bonds is 9. The van der Waals surface area contributed by atoms with Crippen molar-refractivity contribution in [3.63, 3.8) is 0 Å². The maximum Gasteiger partial charge on any atom is 0.167 e. The summed E-state index contributed by atoms with van der Waals surface area (Å²) in [7, 11) is 0.